The summed E-state index contributed by atoms with van der Waals surface area (Å²) < 4.78 is 69.5. The molecule has 1 spiro atoms. The molecule has 2 aromatic rings. The number of nitrogens with zero attached hydrogens (tertiary/aromatic N) is 4. The summed E-state index contributed by atoms with van der Waals surface area (Å²) in [5.74, 6) is -5.46. The first-order valence-electron chi connectivity index (χ1n) is 12.1. The van der Waals surface area contributed by atoms with Crippen LogP contribution in [0.4, 0.5) is 26.3 Å². The molecule has 2 saturated heterocycles. The standard InChI is InChI=1S/C21H26N4O2.2C2HF3O2/c1-17-5-4-7-19(23-17)14-25-16-21(27-15-20(25)26)8-11-24(12-9-21)13-18-6-2-3-10-22-18;2*3-2(4,5)1(6)7/h2-7,10H,8-9,11-16H2,1H3;2*(H,6,7). The highest BCUT2D eigenvalue weighted by molar-refractivity contribution is 5.78. The van der Waals surface area contributed by atoms with Crippen LogP contribution in [0.5, 0.6) is 0 Å². The number of aliphatic carboxylic acids is 2. The molecule has 2 aliphatic heterocycles. The number of hydrogen-bond donors (Lipinski definition) is 2. The van der Waals surface area contributed by atoms with Gasteiger partial charge in [-0.1, -0.05) is 12.1 Å². The summed E-state index contributed by atoms with van der Waals surface area (Å²) in [5.41, 5.74) is 2.79. The van der Waals surface area contributed by atoms with Gasteiger partial charge in [-0.3, -0.25) is 19.7 Å². The maximum Gasteiger partial charge on any atom is 0.490 e. The van der Waals surface area contributed by atoms with Gasteiger partial charge in [-0.05, 0) is 44.0 Å². The van der Waals surface area contributed by atoms with Gasteiger partial charge in [0.15, 0.2) is 0 Å². The largest absolute Gasteiger partial charge is 0.490 e. The van der Waals surface area contributed by atoms with E-state index in [1.54, 1.807) is 0 Å². The maximum atomic E-state index is 12.4. The molecule has 1 amide bonds. The summed E-state index contributed by atoms with van der Waals surface area (Å²) in [7, 11) is 0. The number of carboxylic acids is 2. The lowest BCUT2D eigenvalue weighted by atomic mass is 9.89. The molecule has 0 unspecified atom stereocenters. The molecule has 0 bridgehead atoms. The number of hydrogen-bond acceptors (Lipinski definition) is 7. The van der Waals surface area contributed by atoms with Crippen molar-refractivity contribution in [3.63, 3.8) is 0 Å². The van der Waals surface area contributed by atoms with Crippen LogP contribution in [0.3, 0.4) is 0 Å². The van der Waals surface area contributed by atoms with E-state index in [0.29, 0.717) is 13.1 Å². The SMILES string of the molecule is Cc1cccc(CN2CC3(CCN(Cc4ccccn4)CC3)OCC2=O)n1.O=C(O)C(F)(F)F.O=C(O)C(F)(F)F. The highest BCUT2D eigenvalue weighted by atomic mass is 19.4. The van der Waals surface area contributed by atoms with Gasteiger partial charge < -0.3 is 19.8 Å². The number of pyridine rings is 2. The molecule has 4 heterocycles. The van der Waals surface area contributed by atoms with Crippen molar-refractivity contribution in [1.82, 2.24) is 19.8 Å². The van der Waals surface area contributed by atoms with Crippen molar-refractivity contribution in [3.05, 3.63) is 59.7 Å². The van der Waals surface area contributed by atoms with E-state index in [1.807, 2.05) is 48.4 Å². The number of carbonyl (C=O) groups is 3. The van der Waals surface area contributed by atoms with Crippen molar-refractivity contribution in [2.24, 2.45) is 0 Å². The Bertz CT molecular complexity index is 1150. The molecule has 2 aliphatic rings. The first-order chi connectivity index (χ1) is 19.0. The highest BCUT2D eigenvalue weighted by Crippen LogP contribution is 2.31. The molecule has 2 aromatic heterocycles. The van der Waals surface area contributed by atoms with Crippen LogP contribution in [0.25, 0.3) is 0 Å². The predicted molar refractivity (Wildman–Crippen MR) is 129 cm³/mol. The van der Waals surface area contributed by atoms with Crippen LogP contribution in [0.15, 0.2) is 42.6 Å². The molecule has 0 saturated carbocycles. The Balaban J connectivity index is 0.000000349. The normalized spacial score (nSPS) is 17.1. The van der Waals surface area contributed by atoms with Crippen molar-refractivity contribution in [1.29, 1.82) is 0 Å². The third-order valence-corrected chi connectivity index (χ3v) is 6.00. The van der Waals surface area contributed by atoms with E-state index in [4.69, 9.17) is 24.5 Å². The number of halogens is 6. The van der Waals surface area contributed by atoms with Gasteiger partial charge in [0.2, 0.25) is 5.91 Å². The van der Waals surface area contributed by atoms with E-state index in [0.717, 1.165) is 49.6 Å². The zero-order valence-corrected chi connectivity index (χ0v) is 21.8. The molecule has 0 aromatic carbocycles. The first-order valence-corrected chi connectivity index (χ1v) is 12.1. The van der Waals surface area contributed by atoms with Gasteiger partial charge in [0.25, 0.3) is 0 Å². The number of rotatable bonds is 4. The van der Waals surface area contributed by atoms with Gasteiger partial charge in [0.05, 0.1) is 30.1 Å². The van der Waals surface area contributed by atoms with Crippen molar-refractivity contribution in [2.45, 2.75) is 50.8 Å². The average Bonchev–Trinajstić information content (AvgIpc) is 2.88. The van der Waals surface area contributed by atoms with E-state index in [-0.39, 0.29) is 18.1 Å². The zero-order chi connectivity index (χ0) is 30.8. The lowest BCUT2D eigenvalue weighted by Crippen LogP contribution is -2.58. The number of morpholine rings is 1. The lowest BCUT2D eigenvalue weighted by Gasteiger charge is -2.47. The quantitative estimate of drug-likeness (QED) is 0.511. The molecule has 2 fully saturated rings. The summed E-state index contributed by atoms with van der Waals surface area (Å²) in [5, 5.41) is 14.2. The van der Waals surface area contributed by atoms with Gasteiger partial charge in [0, 0.05) is 31.5 Å². The van der Waals surface area contributed by atoms with E-state index >= 15 is 0 Å². The Hall–Kier alpha value is -3.79. The fourth-order valence-electron chi connectivity index (χ4n) is 3.96. The van der Waals surface area contributed by atoms with Gasteiger partial charge in [-0.2, -0.15) is 26.3 Å². The molecule has 226 valence electrons. The van der Waals surface area contributed by atoms with Crippen LogP contribution in [-0.4, -0.2) is 92.0 Å². The number of aromatic nitrogens is 2. The Morgan fingerprint density at radius 2 is 1.49 bits per heavy atom. The number of aryl methyl sites for hydroxylation is 1. The van der Waals surface area contributed by atoms with Crippen molar-refractivity contribution in [2.75, 3.05) is 26.2 Å². The number of alkyl halides is 6. The van der Waals surface area contributed by atoms with Gasteiger partial charge in [-0.15, -0.1) is 0 Å². The van der Waals surface area contributed by atoms with Crippen molar-refractivity contribution < 1.29 is 55.7 Å². The summed E-state index contributed by atoms with van der Waals surface area (Å²) in [6.45, 7) is 6.15. The van der Waals surface area contributed by atoms with Crippen LogP contribution < -0.4 is 0 Å². The third-order valence-electron chi connectivity index (χ3n) is 6.00. The van der Waals surface area contributed by atoms with Gasteiger partial charge in [0.1, 0.15) is 6.61 Å². The molecule has 4 rings (SSSR count). The van der Waals surface area contributed by atoms with Crippen molar-refractivity contribution >= 4 is 17.8 Å². The molecule has 16 heteroatoms. The van der Waals surface area contributed by atoms with Gasteiger partial charge in [-0.25, -0.2) is 9.59 Å². The molecule has 0 aliphatic carbocycles. The lowest BCUT2D eigenvalue weighted by molar-refractivity contribution is -0.193. The molecule has 0 radical (unpaired) electrons. The van der Waals surface area contributed by atoms with Crippen LogP contribution >= 0.6 is 0 Å². The second-order valence-electron chi connectivity index (χ2n) is 9.19. The van der Waals surface area contributed by atoms with Gasteiger partial charge >= 0.3 is 24.3 Å². The summed E-state index contributed by atoms with van der Waals surface area (Å²) in [4.78, 5) is 43.5. The molecule has 0 atom stereocenters. The minimum absolute atomic E-state index is 0.0554. The fraction of sp³-hybridized carbons (Fsp3) is 0.480. The second-order valence-corrected chi connectivity index (χ2v) is 9.19. The number of carbonyl (C=O) groups excluding carboxylic acids is 1. The minimum Gasteiger partial charge on any atom is -0.475 e. The Morgan fingerprint density at radius 1 is 0.927 bits per heavy atom. The Kier molecular flexibility index (Phi) is 11.6. The number of ether oxygens (including phenoxy) is 1. The third kappa shape index (κ3) is 11.3. The first kappa shape index (κ1) is 33.4. The fourth-order valence-corrected chi connectivity index (χ4v) is 3.96. The summed E-state index contributed by atoms with van der Waals surface area (Å²) >= 11 is 0. The molecule has 10 nitrogen and oxygen atoms in total. The van der Waals surface area contributed by atoms with E-state index in [2.05, 4.69) is 20.9 Å². The smallest absolute Gasteiger partial charge is 0.475 e. The summed E-state index contributed by atoms with van der Waals surface area (Å²) in [6, 6.07) is 12.0. The number of likely N-dealkylation sites (tertiary alicyclic amines) is 1. The highest BCUT2D eigenvalue weighted by Gasteiger charge is 2.42. The van der Waals surface area contributed by atoms with Crippen LogP contribution in [0, 0.1) is 6.92 Å². The zero-order valence-electron chi connectivity index (χ0n) is 21.8. The number of amides is 1. The maximum absolute atomic E-state index is 12.4. The number of carboxylic acid groups (broad SMARTS) is 2. The monoisotopic (exact) mass is 594 g/mol. The molecular weight excluding hydrogens is 566 g/mol. The Morgan fingerprint density at radius 3 is 1.98 bits per heavy atom. The summed E-state index contributed by atoms with van der Waals surface area (Å²) in [6.07, 6.45) is -6.45. The second kappa shape index (κ2) is 14.2. The van der Waals surface area contributed by atoms with E-state index in [1.165, 1.54) is 0 Å². The van der Waals surface area contributed by atoms with Crippen LogP contribution in [0.1, 0.15) is 29.9 Å². The average molecular weight is 595 g/mol. The van der Waals surface area contributed by atoms with E-state index < -0.39 is 24.3 Å². The molecular formula is C25H28F6N4O6. The van der Waals surface area contributed by atoms with Crippen LogP contribution in [-0.2, 0) is 32.2 Å². The predicted octanol–water partition coefficient (Wildman–Crippen LogP) is 3.45. The topological polar surface area (TPSA) is 133 Å². The minimum atomic E-state index is -5.08. The van der Waals surface area contributed by atoms with Crippen LogP contribution in [0.2, 0.25) is 0 Å². The molecule has 41 heavy (non-hydrogen) atoms. The number of piperidine rings is 1. The van der Waals surface area contributed by atoms with Crippen molar-refractivity contribution in [3.8, 4) is 0 Å². The molecule has 2 N–H and O–H groups in total. The Labute approximate surface area is 230 Å². The van der Waals surface area contributed by atoms with E-state index in [9.17, 15) is 31.1 Å².